The van der Waals surface area contributed by atoms with E-state index in [0.717, 1.165) is 0 Å². The van der Waals surface area contributed by atoms with Crippen molar-refractivity contribution < 1.29 is 4.79 Å². The fourth-order valence-electron chi connectivity index (χ4n) is 1.54. The lowest BCUT2D eigenvalue weighted by Gasteiger charge is -2.09. The third kappa shape index (κ3) is 3.93. The van der Waals surface area contributed by atoms with Gasteiger partial charge in [-0.15, -0.1) is 6.58 Å². The molecule has 0 aliphatic heterocycles. The molecule has 0 aliphatic rings. The van der Waals surface area contributed by atoms with Gasteiger partial charge >= 0.3 is 0 Å². The highest BCUT2D eigenvalue weighted by atomic mass is 35.5. The number of carbonyl (C=O) groups is 1. The fourth-order valence-corrected chi connectivity index (χ4v) is 1.89. The fraction of sp³-hybridized carbons (Fsp3) is 0.0714. The zero-order chi connectivity index (χ0) is 15.2. The Morgan fingerprint density at radius 2 is 2.14 bits per heavy atom. The average molecular weight is 323 g/mol. The van der Waals surface area contributed by atoms with Crippen molar-refractivity contribution in [1.82, 2.24) is 15.3 Å². The largest absolute Gasteiger partial charge is 0.347 e. The van der Waals surface area contributed by atoms with Crippen LogP contribution in [0.25, 0.3) is 0 Å². The maximum Gasteiger partial charge on any atom is 0.270 e. The van der Waals surface area contributed by atoms with Gasteiger partial charge < -0.3 is 10.6 Å². The van der Waals surface area contributed by atoms with E-state index in [1.165, 1.54) is 12.4 Å². The van der Waals surface area contributed by atoms with E-state index in [2.05, 4.69) is 27.2 Å². The Morgan fingerprint density at radius 3 is 2.90 bits per heavy atom. The summed E-state index contributed by atoms with van der Waals surface area (Å²) in [6.45, 7) is 3.90. The average Bonchev–Trinajstić information content (AvgIpc) is 2.50. The molecule has 1 aromatic carbocycles. The Kier molecular flexibility index (Phi) is 5.14. The monoisotopic (exact) mass is 322 g/mol. The molecule has 2 N–H and O–H groups in total. The van der Waals surface area contributed by atoms with Gasteiger partial charge in [-0.3, -0.25) is 4.79 Å². The molecular formula is C14H12Cl2N4O. The number of amides is 1. The molecule has 5 nitrogen and oxygen atoms in total. The van der Waals surface area contributed by atoms with Crippen molar-refractivity contribution >= 4 is 40.6 Å². The number of aromatic nitrogens is 2. The summed E-state index contributed by atoms with van der Waals surface area (Å²) in [5, 5.41) is 6.45. The zero-order valence-corrected chi connectivity index (χ0v) is 12.4. The van der Waals surface area contributed by atoms with Crippen molar-refractivity contribution in [2.45, 2.75) is 0 Å². The van der Waals surface area contributed by atoms with Gasteiger partial charge in [0.1, 0.15) is 17.8 Å². The van der Waals surface area contributed by atoms with E-state index in [-0.39, 0.29) is 11.6 Å². The summed E-state index contributed by atoms with van der Waals surface area (Å²) in [5.74, 6) is 0.135. The second kappa shape index (κ2) is 7.06. The van der Waals surface area contributed by atoms with Crippen LogP contribution in [0.1, 0.15) is 10.5 Å². The van der Waals surface area contributed by atoms with Gasteiger partial charge in [0, 0.05) is 12.6 Å². The molecule has 1 heterocycles. The lowest BCUT2D eigenvalue weighted by atomic mass is 10.3. The van der Waals surface area contributed by atoms with E-state index in [4.69, 9.17) is 23.2 Å². The molecule has 108 valence electrons. The molecule has 2 rings (SSSR count). The standard InChI is InChI=1S/C14H12Cl2N4O/c1-2-6-17-14(21)11-7-12(19-8-18-11)20-10-5-3-4-9(15)13(10)16/h2-5,7-8H,1,6H2,(H,17,21)(H,18,19,20). The van der Waals surface area contributed by atoms with Gasteiger partial charge in [0.05, 0.1) is 15.7 Å². The number of nitrogens with one attached hydrogen (secondary N) is 2. The molecule has 0 radical (unpaired) electrons. The van der Waals surface area contributed by atoms with E-state index < -0.39 is 0 Å². The van der Waals surface area contributed by atoms with Gasteiger partial charge in [-0.1, -0.05) is 35.3 Å². The van der Waals surface area contributed by atoms with Crippen LogP contribution in [-0.2, 0) is 0 Å². The van der Waals surface area contributed by atoms with Crippen LogP contribution in [0.15, 0.2) is 43.2 Å². The minimum Gasteiger partial charge on any atom is -0.347 e. The minimum atomic E-state index is -0.308. The molecule has 0 fully saturated rings. The summed E-state index contributed by atoms with van der Waals surface area (Å²) in [6.07, 6.45) is 2.88. The highest BCUT2D eigenvalue weighted by Gasteiger charge is 2.09. The molecule has 0 saturated heterocycles. The van der Waals surface area contributed by atoms with E-state index in [1.54, 1.807) is 24.3 Å². The number of hydrogen-bond donors (Lipinski definition) is 2. The van der Waals surface area contributed by atoms with Crippen LogP contribution in [0.5, 0.6) is 0 Å². The van der Waals surface area contributed by atoms with Gasteiger partial charge in [-0.05, 0) is 12.1 Å². The molecule has 1 aromatic heterocycles. The van der Waals surface area contributed by atoms with Crippen LogP contribution in [-0.4, -0.2) is 22.4 Å². The molecule has 0 atom stereocenters. The summed E-state index contributed by atoms with van der Waals surface area (Å²) in [5.41, 5.74) is 0.841. The van der Waals surface area contributed by atoms with E-state index in [1.807, 2.05) is 0 Å². The van der Waals surface area contributed by atoms with Crippen molar-refractivity contribution in [3.63, 3.8) is 0 Å². The topological polar surface area (TPSA) is 66.9 Å². The lowest BCUT2D eigenvalue weighted by Crippen LogP contribution is -2.24. The number of nitrogens with zero attached hydrogens (tertiary/aromatic N) is 2. The number of halogens is 2. The van der Waals surface area contributed by atoms with Crippen LogP contribution in [0, 0.1) is 0 Å². The van der Waals surface area contributed by atoms with Gasteiger partial charge in [-0.25, -0.2) is 9.97 Å². The molecule has 0 bridgehead atoms. The van der Waals surface area contributed by atoms with Crippen LogP contribution >= 0.6 is 23.2 Å². The zero-order valence-electron chi connectivity index (χ0n) is 10.9. The normalized spacial score (nSPS) is 10.0. The van der Waals surface area contributed by atoms with Crippen molar-refractivity contribution in [3.05, 3.63) is 59.0 Å². The summed E-state index contributed by atoms with van der Waals surface area (Å²) in [7, 11) is 0. The Balaban J connectivity index is 2.19. The Bertz CT molecular complexity index is 676. The molecule has 0 saturated carbocycles. The van der Waals surface area contributed by atoms with Gasteiger partial charge in [0.15, 0.2) is 0 Å². The van der Waals surface area contributed by atoms with Crippen molar-refractivity contribution in [3.8, 4) is 0 Å². The first-order chi connectivity index (χ1) is 10.1. The van der Waals surface area contributed by atoms with Crippen molar-refractivity contribution in [1.29, 1.82) is 0 Å². The molecule has 0 aliphatic carbocycles. The first-order valence-electron chi connectivity index (χ1n) is 6.04. The second-order valence-corrected chi connectivity index (χ2v) is 4.80. The number of rotatable bonds is 5. The summed E-state index contributed by atoms with van der Waals surface area (Å²) < 4.78 is 0. The maximum atomic E-state index is 11.8. The highest BCUT2D eigenvalue weighted by molar-refractivity contribution is 6.43. The molecule has 21 heavy (non-hydrogen) atoms. The molecule has 7 heteroatoms. The molecule has 0 spiro atoms. The lowest BCUT2D eigenvalue weighted by molar-refractivity contribution is 0.0953. The van der Waals surface area contributed by atoms with Crippen molar-refractivity contribution in [2.75, 3.05) is 11.9 Å². The SMILES string of the molecule is C=CCNC(=O)c1cc(Nc2cccc(Cl)c2Cl)ncn1. The second-order valence-electron chi connectivity index (χ2n) is 4.01. The molecule has 2 aromatic rings. The van der Waals surface area contributed by atoms with Crippen LogP contribution in [0.2, 0.25) is 10.0 Å². The Labute approximate surface area is 132 Å². The predicted octanol–water partition coefficient (Wildman–Crippen LogP) is 3.44. The van der Waals surface area contributed by atoms with Gasteiger partial charge in [-0.2, -0.15) is 0 Å². The summed E-state index contributed by atoms with van der Waals surface area (Å²) in [6, 6.07) is 6.72. The number of carbonyl (C=O) groups excluding carboxylic acids is 1. The quantitative estimate of drug-likeness (QED) is 0.827. The summed E-state index contributed by atoms with van der Waals surface area (Å²) in [4.78, 5) is 19.8. The number of benzene rings is 1. The Hall–Kier alpha value is -2.11. The first-order valence-corrected chi connectivity index (χ1v) is 6.79. The predicted molar refractivity (Wildman–Crippen MR) is 84.3 cm³/mol. The van der Waals surface area contributed by atoms with Crippen LogP contribution in [0.3, 0.4) is 0 Å². The number of hydrogen-bond acceptors (Lipinski definition) is 4. The van der Waals surface area contributed by atoms with Crippen LogP contribution in [0.4, 0.5) is 11.5 Å². The van der Waals surface area contributed by atoms with Crippen molar-refractivity contribution in [2.24, 2.45) is 0 Å². The summed E-state index contributed by atoms with van der Waals surface area (Å²) >= 11 is 12.0. The highest BCUT2D eigenvalue weighted by Crippen LogP contribution is 2.31. The van der Waals surface area contributed by atoms with Gasteiger partial charge in [0.25, 0.3) is 5.91 Å². The molecular weight excluding hydrogens is 311 g/mol. The minimum absolute atomic E-state index is 0.243. The Morgan fingerprint density at radius 1 is 1.33 bits per heavy atom. The van der Waals surface area contributed by atoms with E-state index in [9.17, 15) is 4.79 Å². The van der Waals surface area contributed by atoms with E-state index in [0.29, 0.717) is 28.1 Å². The third-order valence-electron chi connectivity index (χ3n) is 2.52. The van der Waals surface area contributed by atoms with Crippen LogP contribution < -0.4 is 10.6 Å². The molecule has 1 amide bonds. The third-order valence-corrected chi connectivity index (χ3v) is 3.34. The molecule has 0 unspecified atom stereocenters. The smallest absolute Gasteiger partial charge is 0.270 e. The van der Waals surface area contributed by atoms with E-state index >= 15 is 0 Å². The maximum absolute atomic E-state index is 11.8. The first kappa shape index (κ1) is 15.3. The van der Waals surface area contributed by atoms with Gasteiger partial charge in [0.2, 0.25) is 0 Å². The number of anilines is 2.